The predicted molar refractivity (Wildman–Crippen MR) is 64.5 cm³/mol. The van der Waals surface area contributed by atoms with Gasteiger partial charge in [-0.25, -0.2) is 4.98 Å². The highest BCUT2D eigenvalue weighted by molar-refractivity contribution is 7.71. The predicted octanol–water partition coefficient (Wildman–Crippen LogP) is 0.961. The lowest BCUT2D eigenvalue weighted by Gasteiger charge is -2.11. The average Bonchev–Trinajstić information content (AvgIpc) is 2.94. The van der Waals surface area contributed by atoms with Crippen LogP contribution in [0.5, 0.6) is 0 Å². The van der Waals surface area contributed by atoms with Crippen molar-refractivity contribution >= 4 is 23.4 Å². The second-order valence-corrected chi connectivity index (χ2v) is 4.49. The molecule has 0 bridgehead atoms. The molecule has 1 aliphatic rings. The third-order valence-corrected chi connectivity index (χ3v) is 3.30. The zero-order valence-electron chi connectivity index (χ0n) is 9.10. The van der Waals surface area contributed by atoms with Crippen LogP contribution in [0, 0.1) is 4.77 Å². The fraction of sp³-hybridized carbons (Fsp3) is 0.500. The number of fused-ring (bicyclic) bond motifs is 1. The van der Waals surface area contributed by atoms with E-state index in [0.29, 0.717) is 22.5 Å². The Morgan fingerprint density at radius 3 is 3.29 bits per heavy atom. The van der Waals surface area contributed by atoms with Gasteiger partial charge in [-0.05, 0) is 25.1 Å². The van der Waals surface area contributed by atoms with E-state index < -0.39 is 0 Å². The summed E-state index contributed by atoms with van der Waals surface area (Å²) in [4.78, 5) is 21.9. The Hall–Kier alpha value is -1.47. The number of hydrogen-bond acceptors (Lipinski definition) is 4. The van der Waals surface area contributed by atoms with Crippen molar-refractivity contribution in [1.82, 2.24) is 19.5 Å². The van der Waals surface area contributed by atoms with Crippen molar-refractivity contribution in [1.29, 1.82) is 0 Å². The van der Waals surface area contributed by atoms with E-state index in [1.165, 1.54) is 10.9 Å². The number of aromatic nitrogens is 4. The number of H-pyrrole nitrogens is 2. The van der Waals surface area contributed by atoms with Crippen LogP contribution in [-0.2, 0) is 11.3 Å². The molecule has 1 aliphatic heterocycles. The average molecular weight is 252 g/mol. The van der Waals surface area contributed by atoms with Gasteiger partial charge in [0.1, 0.15) is 5.52 Å². The Kier molecular flexibility index (Phi) is 2.56. The van der Waals surface area contributed by atoms with Gasteiger partial charge in [0, 0.05) is 6.61 Å². The Bertz CT molecular complexity index is 650. The lowest BCUT2D eigenvalue weighted by atomic mass is 10.2. The molecule has 1 atom stereocenters. The normalized spacial score (nSPS) is 20.1. The van der Waals surface area contributed by atoms with Crippen molar-refractivity contribution in [2.45, 2.75) is 25.5 Å². The van der Waals surface area contributed by atoms with Gasteiger partial charge in [0.2, 0.25) is 0 Å². The molecule has 0 spiro atoms. The summed E-state index contributed by atoms with van der Waals surface area (Å²) < 4.78 is 7.44. The van der Waals surface area contributed by atoms with Crippen molar-refractivity contribution in [3.05, 3.63) is 21.5 Å². The molecule has 90 valence electrons. The van der Waals surface area contributed by atoms with Crippen LogP contribution in [0.1, 0.15) is 12.8 Å². The molecule has 0 saturated carbocycles. The van der Waals surface area contributed by atoms with Crippen molar-refractivity contribution in [2.24, 2.45) is 0 Å². The maximum Gasteiger partial charge on any atom is 0.280 e. The number of nitrogens with one attached hydrogen (secondary N) is 2. The molecule has 1 unspecified atom stereocenters. The minimum atomic E-state index is -0.142. The Morgan fingerprint density at radius 1 is 1.65 bits per heavy atom. The molecule has 1 saturated heterocycles. The first-order chi connectivity index (χ1) is 8.25. The molecule has 7 heteroatoms. The van der Waals surface area contributed by atoms with E-state index in [9.17, 15) is 4.79 Å². The van der Waals surface area contributed by atoms with Gasteiger partial charge in [-0.15, -0.1) is 0 Å². The van der Waals surface area contributed by atoms with E-state index in [-0.39, 0.29) is 11.7 Å². The number of ether oxygens (including phenoxy) is 1. The van der Waals surface area contributed by atoms with E-state index in [4.69, 9.17) is 17.0 Å². The van der Waals surface area contributed by atoms with Crippen molar-refractivity contribution in [3.8, 4) is 0 Å². The maximum absolute atomic E-state index is 12.1. The molecule has 17 heavy (non-hydrogen) atoms. The summed E-state index contributed by atoms with van der Waals surface area (Å²) in [7, 11) is 0. The van der Waals surface area contributed by atoms with Crippen LogP contribution in [-0.4, -0.2) is 32.2 Å². The molecular formula is C10H12N4O2S. The van der Waals surface area contributed by atoms with Gasteiger partial charge in [-0.2, -0.15) is 0 Å². The molecule has 2 aromatic rings. The highest BCUT2D eigenvalue weighted by atomic mass is 32.1. The van der Waals surface area contributed by atoms with Crippen LogP contribution in [0.25, 0.3) is 11.2 Å². The second kappa shape index (κ2) is 4.08. The molecule has 2 N–H and O–H groups in total. The monoisotopic (exact) mass is 252 g/mol. The van der Waals surface area contributed by atoms with Crippen LogP contribution in [0.2, 0.25) is 0 Å². The van der Waals surface area contributed by atoms with E-state index in [2.05, 4.69) is 15.0 Å². The van der Waals surface area contributed by atoms with Crippen LogP contribution < -0.4 is 5.56 Å². The highest BCUT2D eigenvalue weighted by Crippen LogP contribution is 2.13. The highest BCUT2D eigenvalue weighted by Gasteiger charge is 2.18. The quantitative estimate of drug-likeness (QED) is 0.781. The second-order valence-electron chi connectivity index (χ2n) is 4.11. The summed E-state index contributed by atoms with van der Waals surface area (Å²) in [6, 6.07) is 0. The lowest BCUT2D eigenvalue weighted by molar-refractivity contribution is 0.0957. The molecule has 6 nitrogen and oxygen atoms in total. The van der Waals surface area contributed by atoms with Gasteiger partial charge < -0.3 is 14.7 Å². The van der Waals surface area contributed by atoms with E-state index in [1.54, 1.807) is 0 Å². The molecule has 1 fully saturated rings. The molecular weight excluding hydrogens is 240 g/mol. The molecule has 0 amide bonds. The van der Waals surface area contributed by atoms with Gasteiger partial charge in [0.15, 0.2) is 10.4 Å². The SMILES string of the molecule is O=c1c2[nH]cnc2[nH]c(=S)n1CC1CCCO1. The van der Waals surface area contributed by atoms with Crippen LogP contribution >= 0.6 is 12.2 Å². The molecule has 0 aromatic carbocycles. The first kappa shape index (κ1) is 10.7. The van der Waals surface area contributed by atoms with Gasteiger partial charge in [0.05, 0.1) is 19.0 Å². The first-order valence-corrected chi connectivity index (χ1v) is 5.94. The summed E-state index contributed by atoms with van der Waals surface area (Å²) in [5.41, 5.74) is 0.817. The van der Waals surface area contributed by atoms with Crippen molar-refractivity contribution in [2.75, 3.05) is 6.61 Å². The number of imidazole rings is 1. The fourth-order valence-electron chi connectivity index (χ4n) is 2.11. The number of aromatic amines is 2. The number of rotatable bonds is 2. The number of nitrogens with zero attached hydrogens (tertiary/aromatic N) is 2. The standard InChI is InChI=1S/C10H12N4O2S/c15-9-7-8(12-5-11-7)13-10(17)14(9)4-6-2-1-3-16-6/h5-6H,1-4H2,(H,11,12)(H,13,17). The van der Waals surface area contributed by atoms with Crippen LogP contribution in [0.3, 0.4) is 0 Å². The summed E-state index contributed by atoms with van der Waals surface area (Å²) in [5.74, 6) is 0. The third-order valence-electron chi connectivity index (χ3n) is 2.98. The van der Waals surface area contributed by atoms with Gasteiger partial charge in [-0.3, -0.25) is 9.36 Å². The summed E-state index contributed by atoms with van der Waals surface area (Å²) in [6.07, 6.45) is 3.58. The smallest absolute Gasteiger partial charge is 0.280 e. The molecule has 0 aliphatic carbocycles. The van der Waals surface area contributed by atoms with Gasteiger partial charge in [-0.1, -0.05) is 0 Å². The van der Waals surface area contributed by atoms with E-state index in [1.807, 2.05) is 0 Å². The lowest BCUT2D eigenvalue weighted by Crippen LogP contribution is -2.28. The van der Waals surface area contributed by atoms with Crippen molar-refractivity contribution < 1.29 is 4.74 Å². The molecule has 3 heterocycles. The molecule has 0 radical (unpaired) electrons. The zero-order chi connectivity index (χ0) is 11.8. The topological polar surface area (TPSA) is 75.7 Å². The first-order valence-electron chi connectivity index (χ1n) is 5.53. The number of hydrogen-bond donors (Lipinski definition) is 2. The van der Waals surface area contributed by atoms with Crippen molar-refractivity contribution in [3.63, 3.8) is 0 Å². The minimum Gasteiger partial charge on any atom is -0.376 e. The van der Waals surface area contributed by atoms with E-state index >= 15 is 0 Å². The molecule has 3 rings (SSSR count). The van der Waals surface area contributed by atoms with Crippen LogP contribution in [0.15, 0.2) is 11.1 Å². The summed E-state index contributed by atoms with van der Waals surface area (Å²) in [6.45, 7) is 1.27. The minimum absolute atomic E-state index is 0.0863. The Labute approximate surface area is 102 Å². The summed E-state index contributed by atoms with van der Waals surface area (Å²) in [5, 5.41) is 0. The third kappa shape index (κ3) is 1.81. The Balaban J connectivity index is 2.08. The van der Waals surface area contributed by atoms with E-state index in [0.717, 1.165) is 19.4 Å². The Morgan fingerprint density at radius 2 is 2.53 bits per heavy atom. The van der Waals surface area contributed by atoms with Gasteiger partial charge in [0.25, 0.3) is 5.56 Å². The maximum atomic E-state index is 12.1. The molecule has 2 aromatic heterocycles. The fourth-order valence-corrected chi connectivity index (χ4v) is 2.36. The van der Waals surface area contributed by atoms with Gasteiger partial charge >= 0.3 is 0 Å². The zero-order valence-corrected chi connectivity index (χ0v) is 9.92. The largest absolute Gasteiger partial charge is 0.376 e. The summed E-state index contributed by atoms with van der Waals surface area (Å²) >= 11 is 5.17. The van der Waals surface area contributed by atoms with Crippen LogP contribution in [0.4, 0.5) is 0 Å².